The second-order valence-electron chi connectivity index (χ2n) is 4.27. The maximum atomic E-state index is 5.51. The van der Waals surface area contributed by atoms with Crippen LogP contribution in [0.3, 0.4) is 0 Å². The second-order valence-corrected chi connectivity index (χ2v) is 4.27. The Morgan fingerprint density at radius 2 is 2.24 bits per heavy atom. The van der Waals surface area contributed by atoms with E-state index in [-0.39, 0.29) is 0 Å². The van der Waals surface area contributed by atoms with Gasteiger partial charge in [-0.3, -0.25) is 0 Å². The molecule has 94 valence electrons. The summed E-state index contributed by atoms with van der Waals surface area (Å²) in [5.74, 6) is 1.09. The maximum absolute atomic E-state index is 5.51. The summed E-state index contributed by atoms with van der Waals surface area (Å²) >= 11 is 0. The Balaban J connectivity index is 2.88. The van der Waals surface area contributed by atoms with Crippen molar-refractivity contribution in [2.24, 2.45) is 0 Å². The van der Waals surface area contributed by atoms with Crippen molar-refractivity contribution < 1.29 is 4.74 Å². The number of nitrogens with zero attached hydrogens (tertiary/aromatic N) is 1. The average Bonchev–Trinajstić information content (AvgIpc) is 2.33. The first-order chi connectivity index (χ1) is 8.17. The molecule has 1 rings (SSSR count). The molecule has 0 aliphatic heterocycles. The quantitative estimate of drug-likeness (QED) is 0.737. The highest BCUT2D eigenvalue weighted by atomic mass is 16.5. The van der Waals surface area contributed by atoms with Crippen LogP contribution >= 0.6 is 0 Å². The zero-order chi connectivity index (χ0) is 12.7. The lowest BCUT2D eigenvalue weighted by atomic mass is 10.1. The van der Waals surface area contributed by atoms with E-state index in [0.29, 0.717) is 18.4 Å². The van der Waals surface area contributed by atoms with E-state index in [4.69, 9.17) is 4.74 Å². The van der Waals surface area contributed by atoms with Crippen molar-refractivity contribution >= 4 is 0 Å². The van der Waals surface area contributed by atoms with Crippen LogP contribution in [0.5, 0.6) is 5.88 Å². The lowest BCUT2D eigenvalue weighted by Crippen LogP contribution is -2.12. The van der Waals surface area contributed by atoms with Gasteiger partial charge >= 0.3 is 0 Å². The molecule has 0 saturated carbocycles. The minimum Gasteiger partial charge on any atom is -0.473 e. The number of ether oxygens (including phenoxy) is 1. The molecule has 0 spiro atoms. The summed E-state index contributed by atoms with van der Waals surface area (Å²) in [6.45, 7) is 12.3. The van der Waals surface area contributed by atoms with Crippen molar-refractivity contribution in [3.8, 4) is 5.88 Å². The fourth-order valence-electron chi connectivity index (χ4n) is 1.47. The van der Waals surface area contributed by atoms with Crippen LogP contribution in [0, 0.1) is 0 Å². The third-order valence-electron chi connectivity index (χ3n) is 2.40. The molecule has 0 radical (unpaired) electrons. The largest absolute Gasteiger partial charge is 0.473 e. The molecular formula is C14H22N2O. The van der Waals surface area contributed by atoms with Gasteiger partial charge in [-0.25, -0.2) is 4.98 Å². The van der Waals surface area contributed by atoms with Crippen LogP contribution in [0.2, 0.25) is 0 Å². The number of hydrogen-bond acceptors (Lipinski definition) is 3. The standard InChI is InChI=1S/C14H22N2O/c1-5-7-17-14-9-12(10-15-6-2)8-13(16-14)11(3)4/h5,8-9,11,15H,1,6-7,10H2,2-4H3. The summed E-state index contributed by atoms with van der Waals surface area (Å²) in [5.41, 5.74) is 2.28. The van der Waals surface area contributed by atoms with E-state index in [1.165, 1.54) is 5.56 Å². The van der Waals surface area contributed by atoms with Crippen molar-refractivity contribution in [2.45, 2.75) is 33.2 Å². The highest BCUT2D eigenvalue weighted by Crippen LogP contribution is 2.19. The summed E-state index contributed by atoms with van der Waals surface area (Å²) in [4.78, 5) is 4.48. The molecule has 0 amide bonds. The first-order valence-corrected chi connectivity index (χ1v) is 6.12. The van der Waals surface area contributed by atoms with Crippen LogP contribution in [0.1, 0.15) is 37.9 Å². The number of nitrogens with one attached hydrogen (secondary N) is 1. The first kappa shape index (κ1) is 13.7. The normalized spacial score (nSPS) is 10.6. The van der Waals surface area contributed by atoms with Crippen LogP contribution in [-0.4, -0.2) is 18.1 Å². The van der Waals surface area contributed by atoms with E-state index in [1.54, 1.807) is 6.08 Å². The zero-order valence-electron chi connectivity index (χ0n) is 11.0. The fraction of sp³-hybridized carbons (Fsp3) is 0.500. The van der Waals surface area contributed by atoms with Crippen molar-refractivity contribution in [3.63, 3.8) is 0 Å². The molecule has 0 fully saturated rings. The topological polar surface area (TPSA) is 34.1 Å². The average molecular weight is 234 g/mol. The molecule has 1 heterocycles. The third-order valence-corrected chi connectivity index (χ3v) is 2.40. The molecule has 0 aromatic carbocycles. The lowest BCUT2D eigenvalue weighted by Gasteiger charge is -2.11. The third kappa shape index (κ3) is 4.57. The maximum Gasteiger partial charge on any atom is 0.214 e. The molecule has 0 unspecified atom stereocenters. The Hall–Kier alpha value is -1.35. The van der Waals surface area contributed by atoms with Gasteiger partial charge < -0.3 is 10.1 Å². The summed E-state index contributed by atoms with van der Waals surface area (Å²) < 4.78 is 5.51. The lowest BCUT2D eigenvalue weighted by molar-refractivity contribution is 0.346. The SMILES string of the molecule is C=CCOc1cc(CNCC)cc(C(C)C)n1. The Labute approximate surface area is 104 Å². The first-order valence-electron chi connectivity index (χ1n) is 6.12. The molecule has 1 N–H and O–H groups in total. The monoisotopic (exact) mass is 234 g/mol. The Morgan fingerprint density at radius 3 is 2.82 bits per heavy atom. The number of hydrogen-bond donors (Lipinski definition) is 1. The van der Waals surface area contributed by atoms with Crippen LogP contribution in [0.4, 0.5) is 0 Å². The summed E-state index contributed by atoms with van der Waals surface area (Å²) in [6.07, 6.45) is 1.73. The molecule has 0 aliphatic carbocycles. The van der Waals surface area contributed by atoms with Crippen molar-refractivity contribution in [1.29, 1.82) is 0 Å². The highest BCUT2D eigenvalue weighted by molar-refractivity contribution is 5.26. The van der Waals surface area contributed by atoms with E-state index in [9.17, 15) is 0 Å². The number of aromatic nitrogens is 1. The van der Waals surface area contributed by atoms with Crippen LogP contribution in [-0.2, 0) is 6.54 Å². The van der Waals surface area contributed by atoms with Crippen LogP contribution < -0.4 is 10.1 Å². The molecule has 0 saturated heterocycles. The molecule has 0 bridgehead atoms. The van der Waals surface area contributed by atoms with Gasteiger partial charge in [0, 0.05) is 18.3 Å². The van der Waals surface area contributed by atoms with Crippen molar-refractivity contribution in [2.75, 3.05) is 13.2 Å². The minimum absolute atomic E-state index is 0.405. The van der Waals surface area contributed by atoms with E-state index in [1.807, 2.05) is 6.07 Å². The molecule has 17 heavy (non-hydrogen) atoms. The summed E-state index contributed by atoms with van der Waals surface area (Å²) in [7, 11) is 0. The van der Waals surface area contributed by atoms with Crippen LogP contribution in [0.15, 0.2) is 24.8 Å². The smallest absolute Gasteiger partial charge is 0.214 e. The van der Waals surface area contributed by atoms with Gasteiger partial charge in [0.05, 0.1) is 0 Å². The van der Waals surface area contributed by atoms with Crippen LogP contribution in [0.25, 0.3) is 0 Å². The molecular weight excluding hydrogens is 212 g/mol. The van der Waals surface area contributed by atoms with Gasteiger partial charge in [-0.1, -0.05) is 33.4 Å². The van der Waals surface area contributed by atoms with Gasteiger partial charge in [0.15, 0.2) is 0 Å². The van der Waals surface area contributed by atoms with Gasteiger partial charge in [-0.15, -0.1) is 0 Å². The molecule has 0 atom stereocenters. The van der Waals surface area contributed by atoms with E-state index in [0.717, 1.165) is 18.8 Å². The Kier molecular flexibility index (Phi) is 5.70. The molecule has 3 heteroatoms. The van der Waals surface area contributed by atoms with Gasteiger partial charge in [-0.2, -0.15) is 0 Å². The zero-order valence-corrected chi connectivity index (χ0v) is 11.0. The molecule has 1 aromatic heterocycles. The van der Waals surface area contributed by atoms with E-state index in [2.05, 4.69) is 43.7 Å². The predicted molar refractivity (Wildman–Crippen MR) is 71.4 cm³/mol. The Bertz CT molecular complexity index is 361. The van der Waals surface area contributed by atoms with E-state index >= 15 is 0 Å². The van der Waals surface area contributed by atoms with Gasteiger partial charge in [0.2, 0.25) is 5.88 Å². The van der Waals surface area contributed by atoms with Crippen molar-refractivity contribution in [3.05, 3.63) is 36.0 Å². The number of pyridine rings is 1. The molecule has 3 nitrogen and oxygen atoms in total. The van der Waals surface area contributed by atoms with E-state index < -0.39 is 0 Å². The molecule has 1 aromatic rings. The second kappa shape index (κ2) is 7.07. The summed E-state index contributed by atoms with van der Waals surface area (Å²) in [5, 5.41) is 3.31. The minimum atomic E-state index is 0.405. The van der Waals surface area contributed by atoms with Crippen molar-refractivity contribution in [1.82, 2.24) is 10.3 Å². The van der Waals surface area contributed by atoms with Gasteiger partial charge in [-0.05, 0) is 24.1 Å². The highest BCUT2D eigenvalue weighted by Gasteiger charge is 2.06. The van der Waals surface area contributed by atoms with Gasteiger partial charge in [0.25, 0.3) is 0 Å². The number of rotatable bonds is 7. The van der Waals surface area contributed by atoms with Gasteiger partial charge in [0.1, 0.15) is 6.61 Å². The predicted octanol–water partition coefficient (Wildman–Crippen LogP) is 2.88. The molecule has 0 aliphatic rings. The Morgan fingerprint density at radius 1 is 1.47 bits per heavy atom. The fourth-order valence-corrected chi connectivity index (χ4v) is 1.47. The summed E-state index contributed by atoms with van der Waals surface area (Å²) in [6, 6.07) is 4.12.